The first-order chi connectivity index (χ1) is 21.4. The molecular weight excluding hydrogens is 571 g/mol. The minimum absolute atomic E-state index is 0.0194. The van der Waals surface area contributed by atoms with Crippen molar-refractivity contribution in [3.63, 3.8) is 0 Å². The van der Waals surface area contributed by atoms with Gasteiger partial charge in [-0.2, -0.15) is 0 Å². The van der Waals surface area contributed by atoms with Gasteiger partial charge in [0, 0.05) is 56.4 Å². The fraction of sp³-hybridized carbons (Fsp3) is 0.444. The van der Waals surface area contributed by atoms with Crippen molar-refractivity contribution >= 4 is 33.0 Å². The molecule has 0 unspecified atom stereocenters. The molecule has 0 amide bonds. The first kappa shape index (κ1) is 30.7. The molecule has 44 heavy (non-hydrogen) atoms. The van der Waals surface area contributed by atoms with Gasteiger partial charge in [-0.1, -0.05) is 35.6 Å². The van der Waals surface area contributed by atoms with Gasteiger partial charge in [0.2, 0.25) is 0 Å². The van der Waals surface area contributed by atoms with Crippen molar-refractivity contribution in [1.82, 2.24) is 14.4 Å². The van der Waals surface area contributed by atoms with E-state index in [2.05, 4.69) is 64.1 Å². The van der Waals surface area contributed by atoms with Gasteiger partial charge in [-0.05, 0) is 112 Å². The number of benzene rings is 3. The van der Waals surface area contributed by atoms with Gasteiger partial charge < -0.3 is 9.80 Å². The van der Waals surface area contributed by atoms with E-state index < -0.39 is 0 Å². The van der Waals surface area contributed by atoms with Crippen LogP contribution < -0.4 is 9.77 Å². The van der Waals surface area contributed by atoms with Crippen molar-refractivity contribution in [2.24, 2.45) is 5.92 Å². The molecule has 8 heteroatoms. The molecule has 0 saturated carbocycles. The standard InChI is InChI=1S/C36H43FN4O2S/c1-27-6-2-3-8-32(27)40-23-20-38(21-24-40)17-5-4-7-28-9-14-33-34(26-28)44-36(43)41(33)25-22-39-18-15-30(16-19-39)35(42)29-10-12-31(37)13-11-29/h2-3,6,8-14,26,30H,4-5,7,15-25H2,1H3. The molecule has 1 aromatic heterocycles. The van der Waals surface area contributed by atoms with E-state index >= 15 is 0 Å². The third-order valence-electron chi connectivity index (χ3n) is 9.48. The number of likely N-dealkylation sites (tertiary alicyclic amines) is 1. The molecular formula is C36H43FN4O2S. The Morgan fingerprint density at radius 2 is 1.57 bits per heavy atom. The van der Waals surface area contributed by atoms with Crippen LogP contribution in [0.3, 0.4) is 0 Å². The van der Waals surface area contributed by atoms with Crippen LogP contribution in [0.15, 0.2) is 71.5 Å². The van der Waals surface area contributed by atoms with Crippen molar-refractivity contribution in [1.29, 1.82) is 0 Å². The molecule has 2 aliphatic heterocycles. The fourth-order valence-corrected chi connectivity index (χ4v) is 7.76. The number of aromatic nitrogens is 1. The Bertz CT molecular complexity index is 1620. The molecule has 3 aromatic carbocycles. The number of para-hydroxylation sites is 1. The monoisotopic (exact) mass is 614 g/mol. The van der Waals surface area contributed by atoms with E-state index in [0.29, 0.717) is 12.1 Å². The predicted molar refractivity (Wildman–Crippen MR) is 179 cm³/mol. The Morgan fingerprint density at radius 1 is 0.841 bits per heavy atom. The largest absolute Gasteiger partial charge is 0.369 e. The molecule has 2 fully saturated rings. The van der Waals surface area contributed by atoms with Gasteiger partial charge in [0.1, 0.15) is 5.82 Å². The van der Waals surface area contributed by atoms with Gasteiger partial charge in [-0.25, -0.2) is 4.39 Å². The molecule has 2 saturated heterocycles. The number of piperazine rings is 1. The van der Waals surface area contributed by atoms with Crippen molar-refractivity contribution in [2.75, 3.05) is 57.3 Å². The van der Waals surface area contributed by atoms with Crippen LogP contribution in [0.4, 0.5) is 10.1 Å². The van der Waals surface area contributed by atoms with E-state index in [1.54, 1.807) is 12.1 Å². The third kappa shape index (κ3) is 7.31. The van der Waals surface area contributed by atoms with Gasteiger partial charge in [0.15, 0.2) is 5.78 Å². The van der Waals surface area contributed by atoms with Crippen LogP contribution in [-0.4, -0.2) is 72.5 Å². The number of ketones is 1. The van der Waals surface area contributed by atoms with E-state index in [9.17, 15) is 14.0 Å². The van der Waals surface area contributed by atoms with Crippen LogP contribution in [0.1, 0.15) is 47.2 Å². The van der Waals surface area contributed by atoms with E-state index in [1.807, 2.05) is 4.57 Å². The number of aryl methyl sites for hydroxylation is 2. The number of halogens is 1. The maximum absolute atomic E-state index is 13.2. The Hall–Kier alpha value is -3.33. The zero-order chi connectivity index (χ0) is 30.5. The van der Waals surface area contributed by atoms with Crippen LogP contribution in [0, 0.1) is 18.7 Å². The van der Waals surface area contributed by atoms with Crippen LogP contribution >= 0.6 is 11.3 Å². The number of nitrogens with zero attached hydrogens (tertiary/aromatic N) is 4. The smallest absolute Gasteiger partial charge is 0.308 e. The molecule has 4 aromatic rings. The van der Waals surface area contributed by atoms with Crippen LogP contribution in [0.5, 0.6) is 0 Å². The number of unbranched alkanes of at least 4 members (excludes halogenated alkanes) is 1. The van der Waals surface area contributed by atoms with Gasteiger partial charge in [0.05, 0.1) is 10.2 Å². The number of Topliss-reactive ketones (excluding diaryl/α,β-unsaturated/α-hetero) is 1. The summed E-state index contributed by atoms with van der Waals surface area (Å²) in [5.41, 5.74) is 5.65. The molecule has 0 atom stereocenters. The van der Waals surface area contributed by atoms with Crippen LogP contribution in [-0.2, 0) is 13.0 Å². The number of rotatable bonds is 11. The van der Waals surface area contributed by atoms with Crippen molar-refractivity contribution < 1.29 is 9.18 Å². The van der Waals surface area contributed by atoms with E-state index in [1.165, 1.54) is 46.7 Å². The fourth-order valence-electron chi connectivity index (χ4n) is 6.78. The molecule has 0 spiro atoms. The van der Waals surface area contributed by atoms with Crippen molar-refractivity contribution in [3.05, 3.63) is 98.9 Å². The van der Waals surface area contributed by atoms with Crippen molar-refractivity contribution in [3.8, 4) is 0 Å². The second-order valence-electron chi connectivity index (χ2n) is 12.4. The third-order valence-corrected chi connectivity index (χ3v) is 10.4. The minimum atomic E-state index is -0.321. The summed E-state index contributed by atoms with van der Waals surface area (Å²) in [4.78, 5) is 33.3. The van der Waals surface area contributed by atoms with Gasteiger partial charge in [0.25, 0.3) is 0 Å². The molecule has 0 aliphatic carbocycles. The lowest BCUT2D eigenvalue weighted by Crippen LogP contribution is -2.46. The zero-order valence-corrected chi connectivity index (χ0v) is 26.5. The molecule has 0 bridgehead atoms. The Labute approximate surface area is 263 Å². The number of hydrogen-bond acceptors (Lipinski definition) is 6. The SMILES string of the molecule is Cc1ccccc1N1CCN(CCCCc2ccc3c(c2)sc(=O)n3CCN2CCC(C(=O)c3ccc(F)cc3)CC2)CC1. The number of carbonyl (C=O) groups is 1. The summed E-state index contributed by atoms with van der Waals surface area (Å²) < 4.78 is 16.2. The topological polar surface area (TPSA) is 48.8 Å². The Kier molecular flexibility index (Phi) is 9.89. The predicted octanol–water partition coefficient (Wildman–Crippen LogP) is 6.25. The molecule has 0 N–H and O–H groups in total. The average Bonchev–Trinajstić information content (AvgIpc) is 3.36. The summed E-state index contributed by atoms with van der Waals surface area (Å²) in [5, 5.41) is 0. The molecule has 3 heterocycles. The number of piperidine rings is 1. The number of hydrogen-bond donors (Lipinski definition) is 0. The molecule has 2 aliphatic rings. The van der Waals surface area contributed by atoms with Crippen LogP contribution in [0.25, 0.3) is 10.2 Å². The maximum Gasteiger partial charge on any atom is 0.308 e. The minimum Gasteiger partial charge on any atom is -0.369 e. The summed E-state index contributed by atoms with van der Waals surface area (Å²) in [6.45, 7) is 10.9. The number of thiazole rings is 1. The first-order valence-electron chi connectivity index (χ1n) is 16.1. The first-order valence-corrected chi connectivity index (χ1v) is 16.9. The second-order valence-corrected chi connectivity index (χ2v) is 13.4. The molecule has 232 valence electrons. The zero-order valence-electron chi connectivity index (χ0n) is 25.7. The van der Waals surface area contributed by atoms with E-state index in [0.717, 1.165) is 88.3 Å². The summed E-state index contributed by atoms with van der Waals surface area (Å²) in [6, 6.07) is 21.1. The second kappa shape index (κ2) is 14.2. The normalized spacial score (nSPS) is 17.0. The molecule has 0 radical (unpaired) electrons. The molecule has 6 nitrogen and oxygen atoms in total. The highest BCUT2D eigenvalue weighted by atomic mass is 32.1. The lowest BCUT2D eigenvalue weighted by Gasteiger charge is -2.36. The summed E-state index contributed by atoms with van der Waals surface area (Å²) in [7, 11) is 0. The van der Waals surface area contributed by atoms with Crippen LogP contribution in [0.2, 0.25) is 0 Å². The van der Waals surface area contributed by atoms with E-state index in [4.69, 9.17) is 0 Å². The molecule has 6 rings (SSSR count). The number of carbonyl (C=O) groups excluding carboxylic acids is 1. The maximum atomic E-state index is 13.2. The summed E-state index contributed by atoms with van der Waals surface area (Å²) >= 11 is 1.35. The van der Waals surface area contributed by atoms with E-state index in [-0.39, 0.29) is 22.4 Å². The highest BCUT2D eigenvalue weighted by Gasteiger charge is 2.26. The average molecular weight is 615 g/mol. The lowest BCUT2D eigenvalue weighted by atomic mass is 9.89. The summed E-state index contributed by atoms with van der Waals surface area (Å²) in [6.07, 6.45) is 4.96. The van der Waals surface area contributed by atoms with Gasteiger partial charge >= 0.3 is 4.87 Å². The van der Waals surface area contributed by atoms with Gasteiger partial charge in [-0.3, -0.25) is 19.1 Å². The highest BCUT2D eigenvalue weighted by Crippen LogP contribution is 2.24. The van der Waals surface area contributed by atoms with Crippen molar-refractivity contribution in [2.45, 2.75) is 45.6 Å². The number of anilines is 1. The Morgan fingerprint density at radius 3 is 2.32 bits per heavy atom. The number of fused-ring (bicyclic) bond motifs is 1. The summed E-state index contributed by atoms with van der Waals surface area (Å²) in [5.74, 6) is -0.232. The quantitative estimate of drug-likeness (QED) is 0.148. The highest BCUT2D eigenvalue weighted by molar-refractivity contribution is 7.16. The Balaban J connectivity index is 0.933. The van der Waals surface area contributed by atoms with Gasteiger partial charge in [-0.15, -0.1) is 0 Å². The lowest BCUT2D eigenvalue weighted by molar-refractivity contribution is 0.0837.